The maximum Gasteiger partial charge on any atom is 0.241 e. The Hall–Kier alpha value is -1.02. The van der Waals surface area contributed by atoms with Crippen LogP contribution in [0.4, 0.5) is 5.13 Å². The number of unbranched alkanes of at least 4 members (excludes halogenated alkanes) is 2. The van der Waals surface area contributed by atoms with Crippen molar-refractivity contribution in [2.75, 3.05) is 16.8 Å². The predicted molar refractivity (Wildman–Crippen MR) is 80.7 cm³/mol. The van der Waals surface area contributed by atoms with Crippen LogP contribution in [0.2, 0.25) is 0 Å². The molecule has 0 atom stereocenters. The van der Waals surface area contributed by atoms with Crippen LogP contribution in [0.5, 0.6) is 0 Å². The molecule has 0 fully saturated rings. The van der Waals surface area contributed by atoms with Crippen LogP contribution in [0.15, 0.2) is 0 Å². The predicted octanol–water partition coefficient (Wildman–Crippen LogP) is 2.03. The first-order valence-corrected chi connectivity index (χ1v) is 9.43. The smallest absolute Gasteiger partial charge is 0.241 e. The van der Waals surface area contributed by atoms with Gasteiger partial charge in [0.1, 0.15) is 10.8 Å². The highest BCUT2D eigenvalue weighted by molar-refractivity contribution is 7.92. The van der Waals surface area contributed by atoms with Gasteiger partial charge >= 0.3 is 0 Å². The van der Waals surface area contributed by atoms with Gasteiger partial charge < -0.3 is 0 Å². The van der Waals surface area contributed by atoms with Crippen LogP contribution in [0.25, 0.3) is 0 Å². The van der Waals surface area contributed by atoms with Crippen molar-refractivity contribution in [3.8, 4) is 0 Å². The Balaban J connectivity index is 2.46. The normalized spacial score (nSPS) is 11.5. The molecule has 1 amide bonds. The zero-order chi connectivity index (χ0) is 15.0. The fourth-order valence-electron chi connectivity index (χ4n) is 1.67. The topological polar surface area (TPSA) is 89.0 Å². The lowest BCUT2D eigenvalue weighted by atomic mass is 10.2. The Kier molecular flexibility index (Phi) is 7.08. The minimum atomic E-state index is -3.32. The van der Waals surface area contributed by atoms with Gasteiger partial charge in [0.15, 0.2) is 9.84 Å². The molecule has 114 valence electrons. The summed E-state index contributed by atoms with van der Waals surface area (Å²) in [5.74, 6) is -1.01. The minimum Gasteiger partial charge on any atom is -0.300 e. The van der Waals surface area contributed by atoms with Crippen molar-refractivity contribution in [1.29, 1.82) is 0 Å². The van der Waals surface area contributed by atoms with E-state index in [-0.39, 0.29) is 5.75 Å². The van der Waals surface area contributed by atoms with E-state index >= 15 is 0 Å². The molecule has 0 bridgehead atoms. The van der Waals surface area contributed by atoms with Gasteiger partial charge in [-0.2, -0.15) is 0 Å². The molecule has 1 heterocycles. The quantitative estimate of drug-likeness (QED) is 0.704. The number of hydrogen-bond acceptors (Lipinski definition) is 6. The lowest BCUT2D eigenvalue weighted by Gasteiger charge is -2.01. The first-order chi connectivity index (χ1) is 9.46. The van der Waals surface area contributed by atoms with Crippen LogP contribution < -0.4 is 5.32 Å². The molecule has 1 aromatic rings. The third kappa shape index (κ3) is 6.42. The van der Waals surface area contributed by atoms with Crippen molar-refractivity contribution in [3.63, 3.8) is 0 Å². The molecule has 0 aliphatic rings. The number of nitrogens with zero attached hydrogens (tertiary/aromatic N) is 2. The highest BCUT2D eigenvalue weighted by Gasteiger charge is 2.17. The molecule has 0 unspecified atom stereocenters. The number of rotatable bonds is 9. The summed E-state index contributed by atoms with van der Waals surface area (Å²) in [4.78, 5) is 11.6. The van der Waals surface area contributed by atoms with E-state index in [2.05, 4.69) is 22.4 Å². The Bertz CT molecular complexity index is 526. The summed E-state index contributed by atoms with van der Waals surface area (Å²) in [5.41, 5.74) is 0. The molecule has 0 aliphatic carbocycles. The molecule has 0 radical (unpaired) electrons. The van der Waals surface area contributed by atoms with Crippen molar-refractivity contribution >= 4 is 32.2 Å². The summed E-state index contributed by atoms with van der Waals surface area (Å²) in [5, 5.41) is 11.6. The van der Waals surface area contributed by atoms with E-state index in [1.807, 2.05) is 0 Å². The number of aromatic nitrogens is 2. The van der Waals surface area contributed by atoms with E-state index in [9.17, 15) is 13.2 Å². The van der Waals surface area contributed by atoms with Gasteiger partial charge in [-0.1, -0.05) is 38.0 Å². The summed E-state index contributed by atoms with van der Waals surface area (Å²) in [6.07, 6.45) is 4.67. The number of sulfone groups is 1. The van der Waals surface area contributed by atoms with E-state index in [0.29, 0.717) is 11.6 Å². The fraction of sp³-hybridized carbons (Fsp3) is 0.750. The third-order valence-electron chi connectivity index (χ3n) is 2.57. The third-order valence-corrected chi connectivity index (χ3v) is 5.20. The number of nitrogens with one attached hydrogen (secondary N) is 1. The van der Waals surface area contributed by atoms with E-state index in [1.54, 1.807) is 6.92 Å². The highest BCUT2D eigenvalue weighted by Crippen LogP contribution is 2.17. The number of aryl methyl sites for hydroxylation is 1. The van der Waals surface area contributed by atoms with Crippen LogP contribution in [-0.4, -0.2) is 36.0 Å². The van der Waals surface area contributed by atoms with Crippen LogP contribution in [-0.2, 0) is 21.1 Å². The van der Waals surface area contributed by atoms with Crippen LogP contribution in [0.3, 0.4) is 0 Å². The van der Waals surface area contributed by atoms with Gasteiger partial charge in [-0.05, 0) is 12.8 Å². The average molecular weight is 319 g/mol. The number of hydrogen-bond donors (Lipinski definition) is 1. The van der Waals surface area contributed by atoms with E-state index in [1.165, 1.54) is 11.3 Å². The Morgan fingerprint density at radius 2 is 1.95 bits per heavy atom. The molecule has 20 heavy (non-hydrogen) atoms. The van der Waals surface area contributed by atoms with Crippen LogP contribution in [0.1, 0.15) is 44.5 Å². The molecule has 0 saturated heterocycles. The number of anilines is 1. The summed E-state index contributed by atoms with van der Waals surface area (Å²) < 4.78 is 23.0. The maximum atomic E-state index is 11.6. The molecular weight excluding hydrogens is 298 g/mol. The molecule has 6 nitrogen and oxygen atoms in total. The Morgan fingerprint density at radius 1 is 1.20 bits per heavy atom. The summed E-state index contributed by atoms with van der Waals surface area (Å²) in [6, 6.07) is 0. The van der Waals surface area contributed by atoms with Crippen molar-refractivity contribution in [2.24, 2.45) is 0 Å². The van der Waals surface area contributed by atoms with Gasteiger partial charge in [0, 0.05) is 6.42 Å². The zero-order valence-corrected chi connectivity index (χ0v) is 13.5. The number of carbonyl (C=O) groups is 1. The van der Waals surface area contributed by atoms with Crippen molar-refractivity contribution < 1.29 is 13.2 Å². The second-order valence-electron chi connectivity index (χ2n) is 4.60. The Morgan fingerprint density at radius 3 is 2.60 bits per heavy atom. The van der Waals surface area contributed by atoms with Crippen molar-refractivity contribution in [2.45, 2.75) is 46.0 Å². The average Bonchev–Trinajstić information content (AvgIpc) is 2.76. The lowest BCUT2D eigenvalue weighted by Crippen LogP contribution is -2.24. The summed E-state index contributed by atoms with van der Waals surface area (Å²) >= 11 is 1.30. The van der Waals surface area contributed by atoms with E-state index in [4.69, 9.17) is 0 Å². The van der Waals surface area contributed by atoms with Crippen LogP contribution >= 0.6 is 11.3 Å². The van der Waals surface area contributed by atoms with Gasteiger partial charge in [0.2, 0.25) is 11.0 Å². The molecule has 0 saturated carbocycles. The second-order valence-corrected chi connectivity index (χ2v) is 7.84. The van der Waals surface area contributed by atoms with Gasteiger partial charge in [-0.25, -0.2) is 8.42 Å². The SMILES string of the molecule is CCCCCc1nnc(NC(=O)CS(=O)(=O)CCC)s1. The summed E-state index contributed by atoms with van der Waals surface area (Å²) in [6.45, 7) is 3.89. The van der Waals surface area contributed by atoms with Gasteiger partial charge in [0.05, 0.1) is 5.75 Å². The molecular formula is C12H21N3O3S2. The van der Waals surface area contributed by atoms with Gasteiger partial charge in [-0.3, -0.25) is 10.1 Å². The monoisotopic (exact) mass is 319 g/mol. The minimum absolute atomic E-state index is 0.0266. The largest absolute Gasteiger partial charge is 0.300 e. The van der Waals surface area contributed by atoms with E-state index < -0.39 is 21.5 Å². The standard InChI is InChI=1S/C12H21N3O3S2/c1-3-5-6-7-11-14-15-12(19-11)13-10(16)9-20(17,18)8-4-2/h3-9H2,1-2H3,(H,13,15,16). The molecule has 1 aromatic heterocycles. The molecule has 1 N–H and O–H groups in total. The fourth-order valence-corrected chi connectivity index (χ4v) is 3.71. The second kappa shape index (κ2) is 8.31. The number of amides is 1. The first-order valence-electron chi connectivity index (χ1n) is 6.79. The van der Waals surface area contributed by atoms with Gasteiger partial charge in [0.25, 0.3) is 0 Å². The molecule has 0 aromatic carbocycles. The Labute approximate surface area is 123 Å². The van der Waals surface area contributed by atoms with Crippen LogP contribution in [0, 0.1) is 0 Å². The molecule has 8 heteroatoms. The number of carbonyl (C=O) groups excluding carboxylic acids is 1. The zero-order valence-electron chi connectivity index (χ0n) is 11.9. The van der Waals surface area contributed by atoms with Crippen molar-refractivity contribution in [3.05, 3.63) is 5.01 Å². The molecule has 0 aliphatic heterocycles. The molecule has 0 spiro atoms. The summed E-state index contributed by atoms with van der Waals surface area (Å²) in [7, 11) is -3.32. The molecule has 1 rings (SSSR count). The first kappa shape index (κ1) is 17.0. The van der Waals surface area contributed by atoms with E-state index in [0.717, 1.165) is 30.7 Å². The maximum absolute atomic E-state index is 11.6. The van der Waals surface area contributed by atoms with Crippen molar-refractivity contribution in [1.82, 2.24) is 10.2 Å². The lowest BCUT2D eigenvalue weighted by molar-refractivity contribution is -0.113. The highest BCUT2D eigenvalue weighted by atomic mass is 32.2. The van der Waals surface area contributed by atoms with Gasteiger partial charge in [-0.15, -0.1) is 10.2 Å².